The highest BCUT2D eigenvalue weighted by atomic mass is 16.6. The van der Waals surface area contributed by atoms with Crippen LogP contribution in [0.2, 0.25) is 0 Å². The van der Waals surface area contributed by atoms with E-state index >= 15 is 0 Å². The molecule has 48 heavy (non-hydrogen) atoms. The molecule has 0 bridgehead atoms. The minimum absolute atomic E-state index is 0.0630. The summed E-state index contributed by atoms with van der Waals surface area (Å²) in [5.41, 5.74) is 0. The van der Waals surface area contributed by atoms with E-state index in [9.17, 15) is 14.7 Å². The Morgan fingerprint density at radius 2 is 0.771 bits per heavy atom. The van der Waals surface area contributed by atoms with Gasteiger partial charge >= 0.3 is 11.9 Å². The predicted octanol–water partition coefficient (Wildman–Crippen LogP) is 13.3. The van der Waals surface area contributed by atoms with Crippen molar-refractivity contribution in [2.75, 3.05) is 13.2 Å². The second-order valence-electron chi connectivity index (χ2n) is 14.4. The van der Waals surface area contributed by atoms with Gasteiger partial charge in [-0.05, 0) is 38.5 Å². The maximum Gasteiger partial charge on any atom is 0.306 e. The minimum Gasteiger partial charge on any atom is -0.462 e. The standard InChI is InChI=1S/C43H82O5/c1-3-5-7-9-11-13-15-17-19-20-21-22-23-24-26-27-29-31-33-35-37-42(45)47-40-41(39-44)48-43(46)38-36-34-32-30-28-25-18-16-14-12-10-8-6-4-2/h16,18,41,44H,3-15,17,19-40H2,1-2H3/b18-16-. The van der Waals surface area contributed by atoms with E-state index in [1.165, 1.54) is 167 Å². The molecule has 0 aromatic heterocycles. The third-order valence-corrected chi connectivity index (χ3v) is 9.56. The summed E-state index contributed by atoms with van der Waals surface area (Å²) in [6, 6.07) is 0. The summed E-state index contributed by atoms with van der Waals surface area (Å²) >= 11 is 0. The normalized spacial score (nSPS) is 12.1. The predicted molar refractivity (Wildman–Crippen MR) is 205 cm³/mol. The Bertz CT molecular complexity index is 691. The Morgan fingerprint density at radius 3 is 1.12 bits per heavy atom. The molecule has 1 unspecified atom stereocenters. The first kappa shape index (κ1) is 46.6. The lowest BCUT2D eigenvalue weighted by Crippen LogP contribution is -2.28. The van der Waals surface area contributed by atoms with Crippen LogP contribution < -0.4 is 0 Å². The molecule has 0 aliphatic rings. The van der Waals surface area contributed by atoms with Crippen LogP contribution in [0.3, 0.4) is 0 Å². The fourth-order valence-electron chi connectivity index (χ4n) is 6.31. The first-order valence-electron chi connectivity index (χ1n) is 21.2. The minimum atomic E-state index is -0.769. The lowest BCUT2D eigenvalue weighted by atomic mass is 10.0. The molecule has 1 atom stereocenters. The number of hydrogen-bond acceptors (Lipinski definition) is 5. The molecule has 0 aliphatic carbocycles. The molecule has 0 saturated carbocycles. The van der Waals surface area contributed by atoms with Crippen LogP contribution in [-0.4, -0.2) is 36.4 Å². The van der Waals surface area contributed by atoms with Crippen LogP contribution >= 0.6 is 0 Å². The van der Waals surface area contributed by atoms with Gasteiger partial charge in [0.2, 0.25) is 0 Å². The monoisotopic (exact) mass is 679 g/mol. The van der Waals surface area contributed by atoms with Crippen LogP contribution in [0.15, 0.2) is 12.2 Å². The summed E-state index contributed by atoms with van der Waals surface area (Å²) in [6.45, 7) is 4.15. The molecule has 1 N–H and O–H groups in total. The average molecular weight is 679 g/mol. The Kier molecular flexibility index (Phi) is 38.9. The third kappa shape index (κ3) is 37.5. The van der Waals surface area contributed by atoms with E-state index in [-0.39, 0.29) is 25.2 Å². The van der Waals surface area contributed by atoms with Gasteiger partial charge in [-0.15, -0.1) is 0 Å². The molecule has 0 rings (SSSR count). The van der Waals surface area contributed by atoms with Crippen molar-refractivity contribution in [1.29, 1.82) is 0 Å². The molecule has 284 valence electrons. The number of aliphatic hydroxyl groups excluding tert-OH is 1. The SMILES string of the molecule is CCCCCCC/C=C\CCCCCCCC(=O)OC(CO)COC(=O)CCCCCCCCCCCCCCCCCCCCCC. The molecule has 0 aliphatic heterocycles. The van der Waals surface area contributed by atoms with E-state index in [1.807, 2.05) is 0 Å². The smallest absolute Gasteiger partial charge is 0.306 e. The van der Waals surface area contributed by atoms with Crippen LogP contribution in [0.4, 0.5) is 0 Å². The quantitative estimate of drug-likeness (QED) is 0.0398. The highest BCUT2D eigenvalue weighted by molar-refractivity contribution is 5.70. The van der Waals surface area contributed by atoms with E-state index in [4.69, 9.17) is 9.47 Å². The van der Waals surface area contributed by atoms with Crippen LogP contribution in [0.25, 0.3) is 0 Å². The number of aliphatic hydroxyl groups is 1. The lowest BCUT2D eigenvalue weighted by molar-refractivity contribution is -0.161. The molecule has 0 amide bonds. The first-order chi connectivity index (χ1) is 23.6. The molecule has 0 fully saturated rings. The van der Waals surface area contributed by atoms with E-state index in [0.29, 0.717) is 12.8 Å². The van der Waals surface area contributed by atoms with E-state index in [2.05, 4.69) is 26.0 Å². The Balaban J connectivity index is 3.48. The van der Waals surface area contributed by atoms with Gasteiger partial charge in [-0.3, -0.25) is 9.59 Å². The van der Waals surface area contributed by atoms with Crippen molar-refractivity contribution in [1.82, 2.24) is 0 Å². The molecular weight excluding hydrogens is 596 g/mol. The van der Waals surface area contributed by atoms with E-state index in [1.54, 1.807) is 0 Å². The highest BCUT2D eigenvalue weighted by Crippen LogP contribution is 2.16. The lowest BCUT2D eigenvalue weighted by Gasteiger charge is -2.15. The van der Waals surface area contributed by atoms with Crippen molar-refractivity contribution in [3.63, 3.8) is 0 Å². The summed E-state index contributed by atoms with van der Waals surface area (Å²) in [7, 11) is 0. The summed E-state index contributed by atoms with van der Waals surface area (Å²) in [6.07, 6.45) is 45.7. The number of unbranched alkanes of at least 4 members (excludes halogenated alkanes) is 29. The van der Waals surface area contributed by atoms with Crippen LogP contribution in [0.5, 0.6) is 0 Å². The Morgan fingerprint density at radius 1 is 0.458 bits per heavy atom. The summed E-state index contributed by atoms with van der Waals surface area (Å²) in [4.78, 5) is 24.3. The summed E-state index contributed by atoms with van der Waals surface area (Å²) in [5, 5.41) is 9.56. The molecule has 5 heteroatoms. The zero-order valence-electron chi connectivity index (χ0n) is 32.3. The molecule has 0 spiro atoms. The fourth-order valence-corrected chi connectivity index (χ4v) is 6.31. The van der Waals surface area contributed by atoms with Gasteiger partial charge in [0.25, 0.3) is 0 Å². The van der Waals surface area contributed by atoms with Crippen molar-refractivity contribution in [3.05, 3.63) is 12.2 Å². The Labute approximate surface area is 299 Å². The van der Waals surface area contributed by atoms with Gasteiger partial charge in [-0.1, -0.05) is 193 Å². The number of hydrogen-bond donors (Lipinski definition) is 1. The number of carbonyl (C=O) groups excluding carboxylic acids is 2. The number of ether oxygens (including phenoxy) is 2. The van der Waals surface area contributed by atoms with Gasteiger partial charge in [0, 0.05) is 12.8 Å². The number of carbonyl (C=O) groups is 2. The summed E-state index contributed by atoms with van der Waals surface area (Å²) < 4.78 is 10.6. The highest BCUT2D eigenvalue weighted by Gasteiger charge is 2.16. The van der Waals surface area contributed by atoms with Crippen molar-refractivity contribution in [2.24, 2.45) is 0 Å². The van der Waals surface area contributed by atoms with E-state index in [0.717, 1.165) is 38.5 Å². The molecule has 5 nitrogen and oxygen atoms in total. The molecule has 0 aromatic rings. The number of esters is 2. The van der Waals surface area contributed by atoms with Crippen molar-refractivity contribution < 1.29 is 24.2 Å². The zero-order valence-corrected chi connectivity index (χ0v) is 32.3. The number of rotatable bonds is 39. The summed E-state index contributed by atoms with van der Waals surface area (Å²) in [5.74, 6) is -0.588. The van der Waals surface area contributed by atoms with E-state index < -0.39 is 6.10 Å². The Hall–Kier alpha value is -1.36. The van der Waals surface area contributed by atoms with Gasteiger partial charge < -0.3 is 14.6 Å². The molecular formula is C43H82O5. The third-order valence-electron chi connectivity index (χ3n) is 9.56. The zero-order chi connectivity index (χ0) is 35.0. The van der Waals surface area contributed by atoms with Gasteiger partial charge in [0.15, 0.2) is 6.10 Å². The van der Waals surface area contributed by atoms with Gasteiger partial charge in [0.05, 0.1) is 6.61 Å². The maximum absolute atomic E-state index is 12.2. The molecule has 0 radical (unpaired) electrons. The van der Waals surface area contributed by atoms with Gasteiger partial charge in [-0.2, -0.15) is 0 Å². The average Bonchev–Trinajstić information content (AvgIpc) is 3.09. The van der Waals surface area contributed by atoms with Gasteiger partial charge in [0.1, 0.15) is 6.61 Å². The van der Waals surface area contributed by atoms with Crippen LogP contribution in [-0.2, 0) is 19.1 Å². The molecule has 0 heterocycles. The largest absolute Gasteiger partial charge is 0.462 e. The topological polar surface area (TPSA) is 72.8 Å². The number of allylic oxidation sites excluding steroid dienone is 2. The van der Waals surface area contributed by atoms with Gasteiger partial charge in [-0.25, -0.2) is 0 Å². The van der Waals surface area contributed by atoms with Crippen LogP contribution in [0, 0.1) is 0 Å². The molecule has 0 aromatic carbocycles. The van der Waals surface area contributed by atoms with Crippen molar-refractivity contribution in [2.45, 2.75) is 238 Å². The second kappa shape index (κ2) is 40.1. The fraction of sp³-hybridized carbons (Fsp3) is 0.907. The maximum atomic E-state index is 12.2. The van der Waals surface area contributed by atoms with Crippen LogP contribution in [0.1, 0.15) is 232 Å². The first-order valence-corrected chi connectivity index (χ1v) is 21.2. The van der Waals surface area contributed by atoms with Crippen molar-refractivity contribution in [3.8, 4) is 0 Å². The molecule has 0 saturated heterocycles. The van der Waals surface area contributed by atoms with Crippen molar-refractivity contribution >= 4 is 11.9 Å². The second-order valence-corrected chi connectivity index (χ2v) is 14.4.